The molecule has 4 unspecified atom stereocenters. The molecular formula is C39H45N3. The zero-order valence-electron chi connectivity index (χ0n) is 24.8. The Morgan fingerprint density at radius 3 is 1.07 bits per heavy atom. The fourth-order valence-electron chi connectivity index (χ4n) is 8.06. The van der Waals surface area contributed by atoms with E-state index in [0.717, 1.165) is 61.9 Å². The molecule has 0 radical (unpaired) electrons. The number of benzene rings is 4. The number of nitrogens with zero attached hydrogens (tertiary/aromatic N) is 2. The van der Waals surface area contributed by atoms with E-state index >= 15 is 0 Å². The third-order valence-corrected chi connectivity index (χ3v) is 10.2. The van der Waals surface area contributed by atoms with Gasteiger partial charge in [-0.1, -0.05) is 128 Å². The molecule has 216 valence electrons. The largest absolute Gasteiger partial charge is 0.316 e. The van der Waals surface area contributed by atoms with E-state index in [2.05, 4.69) is 136 Å². The summed E-state index contributed by atoms with van der Waals surface area (Å²) in [6.45, 7) is 6.71. The van der Waals surface area contributed by atoms with Gasteiger partial charge in [-0.25, -0.2) is 0 Å². The van der Waals surface area contributed by atoms with Gasteiger partial charge >= 0.3 is 0 Å². The number of hydrogen-bond acceptors (Lipinski definition) is 3. The van der Waals surface area contributed by atoms with E-state index in [1.54, 1.807) is 0 Å². The minimum absolute atomic E-state index is 0.770. The SMILES string of the molecule is c1ccc(CN(Cc2ccccc2)C2C3CCCC32)cc1.c1ccc(CN(Cc2ccccc2)C2C3CNCC32)cc1. The van der Waals surface area contributed by atoms with Crippen LogP contribution in [-0.4, -0.2) is 35.0 Å². The Labute approximate surface area is 252 Å². The second-order valence-corrected chi connectivity index (χ2v) is 13.0. The number of nitrogens with one attached hydrogen (secondary N) is 1. The highest BCUT2D eigenvalue weighted by atomic mass is 15.2. The van der Waals surface area contributed by atoms with Crippen molar-refractivity contribution in [2.24, 2.45) is 23.7 Å². The van der Waals surface area contributed by atoms with Crippen molar-refractivity contribution >= 4 is 0 Å². The highest BCUT2D eigenvalue weighted by Gasteiger charge is 2.56. The second kappa shape index (κ2) is 13.0. The Hall–Kier alpha value is -3.24. The summed E-state index contributed by atoms with van der Waals surface area (Å²) < 4.78 is 0. The molecule has 3 nitrogen and oxygen atoms in total. The van der Waals surface area contributed by atoms with Gasteiger partial charge in [-0.3, -0.25) is 9.80 Å². The quantitative estimate of drug-likeness (QED) is 0.220. The molecule has 4 aliphatic rings. The molecule has 1 heterocycles. The molecule has 3 saturated carbocycles. The van der Waals surface area contributed by atoms with E-state index in [0.29, 0.717) is 0 Å². The Balaban J connectivity index is 0.000000137. The lowest BCUT2D eigenvalue weighted by Crippen LogP contribution is -2.32. The van der Waals surface area contributed by atoms with Gasteiger partial charge in [0.05, 0.1) is 0 Å². The smallest absolute Gasteiger partial charge is 0.0240 e. The van der Waals surface area contributed by atoms with Crippen LogP contribution in [0.5, 0.6) is 0 Å². The Morgan fingerprint density at radius 2 is 0.738 bits per heavy atom. The van der Waals surface area contributed by atoms with Crippen molar-refractivity contribution in [2.75, 3.05) is 13.1 Å². The van der Waals surface area contributed by atoms with Gasteiger partial charge in [0, 0.05) is 38.3 Å². The lowest BCUT2D eigenvalue weighted by atomic mass is 10.1. The molecule has 3 aliphatic carbocycles. The minimum atomic E-state index is 0.770. The van der Waals surface area contributed by atoms with Gasteiger partial charge in [-0.15, -0.1) is 0 Å². The van der Waals surface area contributed by atoms with Crippen molar-refractivity contribution < 1.29 is 0 Å². The van der Waals surface area contributed by atoms with E-state index < -0.39 is 0 Å². The highest BCUT2D eigenvalue weighted by Crippen LogP contribution is 2.55. The maximum absolute atomic E-state index is 3.51. The summed E-state index contributed by atoms with van der Waals surface area (Å²) in [4.78, 5) is 5.40. The van der Waals surface area contributed by atoms with Crippen molar-refractivity contribution in [3.63, 3.8) is 0 Å². The molecule has 0 amide bonds. The third kappa shape index (κ3) is 6.54. The van der Waals surface area contributed by atoms with Gasteiger partial charge in [0.2, 0.25) is 0 Å². The number of fused-ring (bicyclic) bond motifs is 2. The molecule has 1 N–H and O–H groups in total. The molecule has 4 fully saturated rings. The Kier molecular flexibility index (Phi) is 8.51. The first-order valence-corrected chi connectivity index (χ1v) is 16.2. The maximum atomic E-state index is 3.51. The summed E-state index contributed by atoms with van der Waals surface area (Å²) in [5.74, 6) is 3.71. The molecule has 1 saturated heterocycles. The van der Waals surface area contributed by atoms with Crippen molar-refractivity contribution in [1.29, 1.82) is 0 Å². The number of hydrogen-bond donors (Lipinski definition) is 1. The number of rotatable bonds is 10. The molecule has 3 heteroatoms. The molecule has 4 aromatic rings. The maximum Gasteiger partial charge on any atom is 0.0240 e. The van der Waals surface area contributed by atoms with Crippen LogP contribution in [0.2, 0.25) is 0 Å². The van der Waals surface area contributed by atoms with Gasteiger partial charge in [0.25, 0.3) is 0 Å². The summed E-state index contributed by atoms with van der Waals surface area (Å²) in [5.41, 5.74) is 5.73. The third-order valence-electron chi connectivity index (χ3n) is 10.2. The fraction of sp³-hybridized carbons (Fsp3) is 0.385. The van der Waals surface area contributed by atoms with E-state index in [1.807, 2.05) is 0 Å². The summed E-state index contributed by atoms with van der Waals surface area (Å²) in [6.07, 6.45) is 4.36. The van der Waals surface area contributed by atoms with Crippen LogP contribution in [-0.2, 0) is 26.2 Å². The second-order valence-electron chi connectivity index (χ2n) is 13.0. The van der Waals surface area contributed by atoms with Crippen LogP contribution in [0.3, 0.4) is 0 Å². The normalized spacial score (nSPS) is 26.8. The zero-order valence-corrected chi connectivity index (χ0v) is 24.8. The van der Waals surface area contributed by atoms with Crippen LogP contribution in [0.15, 0.2) is 121 Å². The van der Waals surface area contributed by atoms with Gasteiger partial charge in [0.15, 0.2) is 0 Å². The Morgan fingerprint density at radius 1 is 0.429 bits per heavy atom. The van der Waals surface area contributed by atoms with E-state index in [4.69, 9.17) is 0 Å². The van der Waals surface area contributed by atoms with Crippen LogP contribution >= 0.6 is 0 Å². The average Bonchev–Trinajstić information content (AvgIpc) is 3.74. The van der Waals surface area contributed by atoms with Gasteiger partial charge in [0.1, 0.15) is 0 Å². The van der Waals surface area contributed by atoms with Crippen molar-refractivity contribution in [3.8, 4) is 0 Å². The van der Waals surface area contributed by atoms with Gasteiger partial charge in [-0.2, -0.15) is 0 Å². The lowest BCUT2D eigenvalue weighted by molar-refractivity contribution is 0.216. The van der Waals surface area contributed by atoms with E-state index in [-0.39, 0.29) is 0 Å². The molecule has 4 atom stereocenters. The van der Waals surface area contributed by atoms with Crippen LogP contribution in [0.25, 0.3) is 0 Å². The van der Waals surface area contributed by atoms with Gasteiger partial charge < -0.3 is 5.32 Å². The topological polar surface area (TPSA) is 18.5 Å². The van der Waals surface area contributed by atoms with Gasteiger partial charge in [-0.05, 0) is 71.9 Å². The fourth-order valence-corrected chi connectivity index (χ4v) is 8.06. The molecule has 4 aromatic carbocycles. The molecule has 0 aromatic heterocycles. The summed E-state index contributed by atoms with van der Waals surface area (Å²) in [6, 6.07) is 45.2. The molecule has 8 rings (SSSR count). The first kappa shape index (κ1) is 27.6. The molecule has 0 bridgehead atoms. The predicted molar refractivity (Wildman–Crippen MR) is 173 cm³/mol. The van der Waals surface area contributed by atoms with Crippen molar-refractivity contribution in [2.45, 2.75) is 57.5 Å². The molecule has 1 aliphatic heterocycles. The van der Waals surface area contributed by atoms with Crippen LogP contribution < -0.4 is 5.32 Å². The van der Waals surface area contributed by atoms with Crippen LogP contribution in [0.1, 0.15) is 41.5 Å². The first-order chi connectivity index (χ1) is 20.8. The highest BCUT2D eigenvalue weighted by molar-refractivity contribution is 5.21. The number of piperidine rings is 1. The standard InChI is InChI=1S/C20H23N.C19H22N2/c1-3-8-16(9-4-1)14-21(15-17-10-5-2-6-11-17)20-18-12-7-13-19(18)20;1-3-7-15(8-4-1)13-21(14-16-9-5-2-6-10-16)19-17-11-20-12-18(17)19/h1-6,8-11,18-20H,7,12-15H2;1-10,17-20H,11-14H2. The lowest BCUT2D eigenvalue weighted by Gasteiger charge is -2.25. The summed E-state index contributed by atoms with van der Waals surface area (Å²) in [5, 5.41) is 3.51. The van der Waals surface area contributed by atoms with E-state index in [1.165, 1.54) is 54.6 Å². The van der Waals surface area contributed by atoms with Crippen LogP contribution in [0.4, 0.5) is 0 Å². The van der Waals surface area contributed by atoms with E-state index in [9.17, 15) is 0 Å². The monoisotopic (exact) mass is 555 g/mol. The Bertz CT molecular complexity index is 1160. The van der Waals surface area contributed by atoms with Crippen LogP contribution in [0, 0.1) is 23.7 Å². The average molecular weight is 556 g/mol. The van der Waals surface area contributed by atoms with Crippen molar-refractivity contribution in [3.05, 3.63) is 144 Å². The van der Waals surface area contributed by atoms with Crippen molar-refractivity contribution in [1.82, 2.24) is 15.1 Å². The summed E-state index contributed by atoms with van der Waals surface area (Å²) in [7, 11) is 0. The minimum Gasteiger partial charge on any atom is -0.316 e. The molecule has 42 heavy (non-hydrogen) atoms. The predicted octanol–water partition coefficient (Wildman–Crippen LogP) is 7.39. The molecular weight excluding hydrogens is 510 g/mol. The molecule has 0 spiro atoms. The summed E-state index contributed by atoms with van der Waals surface area (Å²) >= 11 is 0. The zero-order chi connectivity index (χ0) is 28.1. The first-order valence-electron chi connectivity index (χ1n) is 16.2.